The van der Waals surface area contributed by atoms with Crippen molar-refractivity contribution in [2.24, 2.45) is 0 Å². The summed E-state index contributed by atoms with van der Waals surface area (Å²) in [6, 6.07) is 26.9. The van der Waals surface area contributed by atoms with E-state index >= 15 is 0 Å². The van der Waals surface area contributed by atoms with Crippen LogP contribution >= 0.6 is 0 Å². The maximum absolute atomic E-state index is 2.57. The van der Waals surface area contributed by atoms with Gasteiger partial charge in [0.1, 0.15) is 0 Å². The smallest absolute Gasteiger partial charge is 0.210 e. The summed E-state index contributed by atoms with van der Waals surface area (Å²) in [4.78, 5) is 4.68. The Kier molecular flexibility index (Phi) is 7.64. The zero-order chi connectivity index (χ0) is 32.2. The molecule has 3 nitrogen and oxygen atoms in total. The van der Waals surface area contributed by atoms with E-state index in [-0.39, 0.29) is 10.8 Å². The lowest BCUT2D eigenvalue weighted by atomic mass is 9.79. The minimum Gasteiger partial charge on any atom is -0.347 e. The highest BCUT2D eigenvalue weighted by Gasteiger charge is 2.45. The molecular weight excluding hydrogens is 558 g/mol. The third-order valence-electron chi connectivity index (χ3n) is 10.6. The predicted octanol–water partition coefficient (Wildman–Crippen LogP) is 9.84. The Hall–Kier alpha value is -4.21. The molecule has 0 spiro atoms. The Morgan fingerprint density at radius 3 is 2.15 bits per heavy atom. The molecule has 0 fully saturated rings. The minimum absolute atomic E-state index is 0.0665. The standard InChI is InChI=1S/C43H48N3/c1-42(2)38(45(7)36-23-21-32-15-8-10-17-34(32)40(36)42)25-19-30-13-12-14-31(29-30)20-26-39-43(3,4)41-35-18-11-9-16-33(35)22-24-37(41)46(39)28-27-44(5)6/h8-11,15-26,29H,12-14,27-28H2,1-7H3/q+1. The van der Waals surface area contributed by atoms with Crippen LogP contribution in [0.4, 0.5) is 11.4 Å². The van der Waals surface area contributed by atoms with Crippen LogP contribution in [0.1, 0.15) is 58.1 Å². The van der Waals surface area contributed by atoms with Gasteiger partial charge in [-0.1, -0.05) is 86.7 Å². The van der Waals surface area contributed by atoms with Crippen LogP contribution in [0.3, 0.4) is 0 Å². The van der Waals surface area contributed by atoms with Crippen molar-refractivity contribution < 1.29 is 4.58 Å². The highest BCUT2D eigenvalue weighted by molar-refractivity contribution is 6.07. The first-order valence-electron chi connectivity index (χ1n) is 17.0. The number of anilines is 1. The van der Waals surface area contributed by atoms with Crippen molar-refractivity contribution in [1.82, 2.24) is 4.90 Å². The van der Waals surface area contributed by atoms with E-state index in [1.165, 1.54) is 73.0 Å². The molecule has 46 heavy (non-hydrogen) atoms. The number of allylic oxidation sites excluding steroid dienone is 8. The monoisotopic (exact) mass is 606 g/mol. The van der Waals surface area contributed by atoms with Crippen molar-refractivity contribution in [3.63, 3.8) is 0 Å². The topological polar surface area (TPSA) is 9.49 Å². The Morgan fingerprint density at radius 1 is 0.761 bits per heavy atom. The van der Waals surface area contributed by atoms with Crippen LogP contribution in [0.15, 0.2) is 120 Å². The number of benzene rings is 4. The summed E-state index contributed by atoms with van der Waals surface area (Å²) in [5.74, 6) is 0. The fraction of sp³-hybridized carbons (Fsp3) is 0.326. The van der Waals surface area contributed by atoms with Crippen LogP contribution < -0.4 is 4.90 Å². The van der Waals surface area contributed by atoms with E-state index in [1.807, 2.05) is 0 Å². The maximum atomic E-state index is 2.57. The van der Waals surface area contributed by atoms with Crippen molar-refractivity contribution in [2.75, 3.05) is 39.1 Å². The van der Waals surface area contributed by atoms with E-state index in [9.17, 15) is 0 Å². The van der Waals surface area contributed by atoms with Gasteiger partial charge in [0.05, 0.1) is 12.0 Å². The first-order chi connectivity index (χ1) is 22.1. The van der Waals surface area contributed by atoms with Crippen molar-refractivity contribution in [1.29, 1.82) is 0 Å². The molecular formula is C43H48N3+. The van der Waals surface area contributed by atoms with E-state index in [4.69, 9.17) is 0 Å². The summed E-state index contributed by atoms with van der Waals surface area (Å²) < 4.78 is 2.57. The molecule has 1 aliphatic carbocycles. The van der Waals surface area contributed by atoms with E-state index in [2.05, 4.69) is 166 Å². The second-order valence-corrected chi connectivity index (χ2v) is 14.7. The zero-order valence-electron chi connectivity index (χ0n) is 28.7. The molecule has 3 aliphatic rings. The molecule has 0 aromatic heterocycles. The van der Waals surface area contributed by atoms with Gasteiger partial charge in [-0.25, -0.2) is 0 Å². The molecule has 2 heterocycles. The third-order valence-corrected chi connectivity index (χ3v) is 10.6. The lowest BCUT2D eigenvalue weighted by Crippen LogP contribution is -2.30. The van der Waals surface area contributed by atoms with Crippen molar-refractivity contribution in [3.8, 4) is 0 Å². The quantitative estimate of drug-likeness (QED) is 0.202. The van der Waals surface area contributed by atoms with E-state index in [1.54, 1.807) is 0 Å². The lowest BCUT2D eigenvalue weighted by Gasteiger charge is -2.24. The lowest BCUT2D eigenvalue weighted by molar-refractivity contribution is -0.437. The van der Waals surface area contributed by atoms with Gasteiger partial charge in [-0.15, -0.1) is 0 Å². The Labute approximate surface area is 275 Å². The van der Waals surface area contributed by atoms with Gasteiger partial charge < -0.3 is 9.80 Å². The summed E-state index contributed by atoms with van der Waals surface area (Å²) in [5.41, 5.74) is 11.0. The average Bonchev–Trinajstić information content (AvgIpc) is 3.39. The molecule has 0 unspecified atom stereocenters. The third kappa shape index (κ3) is 5.06. The fourth-order valence-corrected chi connectivity index (χ4v) is 8.28. The second kappa shape index (κ2) is 11.5. The zero-order valence-corrected chi connectivity index (χ0v) is 28.7. The van der Waals surface area contributed by atoms with Gasteiger partial charge >= 0.3 is 0 Å². The summed E-state index contributed by atoms with van der Waals surface area (Å²) >= 11 is 0. The van der Waals surface area contributed by atoms with Crippen LogP contribution in [0.25, 0.3) is 21.5 Å². The number of nitrogens with zero attached hydrogens (tertiary/aromatic N) is 3. The molecule has 4 aromatic carbocycles. The molecule has 0 N–H and O–H groups in total. The largest absolute Gasteiger partial charge is 0.347 e. The summed E-state index contributed by atoms with van der Waals surface area (Å²) in [7, 11) is 6.56. The Bertz CT molecular complexity index is 2010. The molecule has 3 heteroatoms. The molecule has 2 aliphatic heterocycles. The van der Waals surface area contributed by atoms with Crippen LogP contribution in [-0.2, 0) is 10.8 Å². The van der Waals surface area contributed by atoms with Gasteiger partial charge in [0.15, 0.2) is 12.3 Å². The molecule has 4 aromatic rings. The molecule has 0 bridgehead atoms. The van der Waals surface area contributed by atoms with Crippen molar-refractivity contribution >= 4 is 38.6 Å². The van der Waals surface area contributed by atoms with Gasteiger partial charge in [-0.3, -0.25) is 0 Å². The highest BCUT2D eigenvalue weighted by atomic mass is 15.2. The van der Waals surface area contributed by atoms with Gasteiger partial charge in [0.25, 0.3) is 0 Å². The van der Waals surface area contributed by atoms with Gasteiger partial charge in [-0.05, 0) is 104 Å². The van der Waals surface area contributed by atoms with Crippen LogP contribution in [-0.4, -0.2) is 49.4 Å². The normalized spacial score (nSPS) is 20.5. The number of fused-ring (bicyclic) bond motifs is 6. The second-order valence-electron chi connectivity index (χ2n) is 14.7. The van der Waals surface area contributed by atoms with E-state index < -0.39 is 0 Å². The summed E-state index contributed by atoms with van der Waals surface area (Å²) in [6.45, 7) is 11.5. The summed E-state index contributed by atoms with van der Waals surface area (Å²) in [6.07, 6.45) is 15.5. The summed E-state index contributed by atoms with van der Waals surface area (Å²) in [5, 5.41) is 5.36. The van der Waals surface area contributed by atoms with Crippen LogP contribution in [0.5, 0.6) is 0 Å². The number of likely N-dealkylation sites (N-methyl/N-ethyl adjacent to an activating group) is 2. The molecule has 0 saturated carbocycles. The minimum atomic E-state index is -0.0882. The maximum Gasteiger partial charge on any atom is 0.210 e. The molecule has 0 amide bonds. The SMILES string of the molecule is CN(C)CC[N+]1=C(/C=C/C2=CC(=C/C=C3/N(C)c4ccc5ccccc5c4C3(C)C)/CCC2)C(C)(C)c2c1ccc1ccccc21. The molecule has 234 valence electrons. The first-order valence-corrected chi connectivity index (χ1v) is 17.0. The van der Waals surface area contributed by atoms with Gasteiger partial charge in [0, 0.05) is 41.6 Å². The Morgan fingerprint density at radius 2 is 1.43 bits per heavy atom. The van der Waals surface area contributed by atoms with Crippen molar-refractivity contribution in [3.05, 3.63) is 131 Å². The first kappa shape index (κ1) is 30.4. The molecule has 0 radical (unpaired) electrons. The van der Waals surface area contributed by atoms with Gasteiger partial charge in [-0.2, -0.15) is 4.58 Å². The number of hydrogen-bond donors (Lipinski definition) is 0. The molecule has 7 rings (SSSR count). The average molecular weight is 607 g/mol. The fourth-order valence-electron chi connectivity index (χ4n) is 8.28. The van der Waals surface area contributed by atoms with Crippen molar-refractivity contribution in [2.45, 2.75) is 57.8 Å². The van der Waals surface area contributed by atoms with E-state index in [0.717, 1.165) is 25.9 Å². The van der Waals surface area contributed by atoms with E-state index in [0.29, 0.717) is 0 Å². The molecule has 0 saturated heterocycles. The number of rotatable bonds is 6. The highest BCUT2D eigenvalue weighted by Crippen LogP contribution is 2.50. The Balaban J connectivity index is 1.22. The predicted molar refractivity (Wildman–Crippen MR) is 198 cm³/mol. The van der Waals surface area contributed by atoms with Crippen LogP contribution in [0, 0.1) is 0 Å². The number of hydrogen-bond acceptors (Lipinski definition) is 2. The van der Waals surface area contributed by atoms with Crippen LogP contribution in [0.2, 0.25) is 0 Å². The van der Waals surface area contributed by atoms with Gasteiger partial charge in [0.2, 0.25) is 5.69 Å². The molecule has 0 atom stereocenters.